The predicted molar refractivity (Wildman–Crippen MR) is 94.3 cm³/mol. The van der Waals surface area contributed by atoms with E-state index in [1.165, 1.54) is 21.2 Å². The van der Waals surface area contributed by atoms with Crippen molar-refractivity contribution < 1.29 is 0 Å². The molecule has 0 bridgehead atoms. The molecule has 3 aromatic rings. The molecule has 0 saturated heterocycles. The highest BCUT2D eigenvalue weighted by molar-refractivity contribution is 9.10. The summed E-state index contributed by atoms with van der Waals surface area (Å²) in [6.45, 7) is 0. The molecule has 1 heterocycles. The van der Waals surface area contributed by atoms with E-state index >= 15 is 0 Å². The monoisotopic (exact) mass is 409 g/mol. The number of nitrogens with two attached hydrogens (primary N) is 1. The van der Waals surface area contributed by atoms with Gasteiger partial charge in [-0.2, -0.15) is 0 Å². The van der Waals surface area contributed by atoms with Crippen LogP contribution >= 0.6 is 43.2 Å². The van der Waals surface area contributed by atoms with Gasteiger partial charge >= 0.3 is 0 Å². The van der Waals surface area contributed by atoms with Crippen molar-refractivity contribution in [1.82, 2.24) is 0 Å². The highest BCUT2D eigenvalue weighted by Gasteiger charge is 2.09. The largest absolute Gasteiger partial charge is 0.324 e. The van der Waals surface area contributed by atoms with Gasteiger partial charge in [-0.25, -0.2) is 0 Å². The Morgan fingerprint density at radius 2 is 1.70 bits per heavy atom. The normalized spacial score (nSPS) is 12.8. The molecular weight excluding hydrogens is 398 g/mol. The minimum Gasteiger partial charge on any atom is -0.324 e. The first-order chi connectivity index (χ1) is 9.61. The molecule has 1 unspecified atom stereocenters. The van der Waals surface area contributed by atoms with Crippen molar-refractivity contribution in [3.05, 3.63) is 67.2 Å². The summed E-state index contributed by atoms with van der Waals surface area (Å²) >= 11 is 8.73. The Morgan fingerprint density at radius 1 is 0.950 bits per heavy atom. The third-order valence-corrected chi connectivity index (χ3v) is 5.51. The van der Waals surface area contributed by atoms with E-state index in [-0.39, 0.29) is 6.04 Å². The summed E-state index contributed by atoms with van der Waals surface area (Å²) in [6.07, 6.45) is 0.873. The number of hydrogen-bond donors (Lipinski definition) is 1. The van der Waals surface area contributed by atoms with E-state index in [4.69, 9.17) is 5.73 Å². The lowest BCUT2D eigenvalue weighted by Gasteiger charge is -2.12. The number of rotatable bonds is 3. The minimum atomic E-state index is 0.0357. The van der Waals surface area contributed by atoms with E-state index in [1.54, 1.807) is 11.3 Å². The fraction of sp³-hybridized carbons (Fsp3) is 0.125. The molecule has 0 aliphatic carbocycles. The average molecular weight is 411 g/mol. The smallest absolute Gasteiger partial charge is 0.0343 e. The molecule has 0 saturated carbocycles. The summed E-state index contributed by atoms with van der Waals surface area (Å²) in [5, 5.41) is 4.56. The SMILES string of the molecule is NC(Cc1cc(Br)cs1)c1ccc2cc(Br)ccc2c1. The molecule has 4 heteroatoms. The Morgan fingerprint density at radius 3 is 2.45 bits per heavy atom. The molecule has 0 aliphatic rings. The van der Waals surface area contributed by atoms with Gasteiger partial charge in [0.2, 0.25) is 0 Å². The van der Waals surface area contributed by atoms with Gasteiger partial charge in [-0.3, -0.25) is 0 Å². The Hall–Kier alpha value is -0.680. The summed E-state index contributed by atoms with van der Waals surface area (Å²) in [5.74, 6) is 0. The Labute approximate surface area is 139 Å². The van der Waals surface area contributed by atoms with Gasteiger partial charge in [-0.1, -0.05) is 34.1 Å². The third kappa shape index (κ3) is 3.14. The van der Waals surface area contributed by atoms with E-state index in [0.29, 0.717) is 0 Å². The molecule has 1 nitrogen and oxygen atoms in total. The van der Waals surface area contributed by atoms with Crippen molar-refractivity contribution in [2.24, 2.45) is 5.73 Å². The van der Waals surface area contributed by atoms with Crippen LogP contribution in [0, 0.1) is 0 Å². The van der Waals surface area contributed by atoms with Crippen molar-refractivity contribution in [3.63, 3.8) is 0 Å². The van der Waals surface area contributed by atoms with Crippen LogP contribution in [0.4, 0.5) is 0 Å². The van der Waals surface area contributed by atoms with Crippen LogP contribution in [0.1, 0.15) is 16.5 Å². The van der Waals surface area contributed by atoms with Gasteiger partial charge in [-0.15, -0.1) is 11.3 Å². The van der Waals surface area contributed by atoms with Crippen LogP contribution in [0.15, 0.2) is 56.8 Å². The first-order valence-corrected chi connectivity index (χ1v) is 8.76. The van der Waals surface area contributed by atoms with E-state index in [0.717, 1.165) is 15.4 Å². The molecule has 0 aliphatic heterocycles. The molecule has 3 rings (SSSR count). The first kappa shape index (κ1) is 14.3. The molecule has 20 heavy (non-hydrogen) atoms. The second-order valence-corrected chi connectivity index (χ2v) is 7.62. The van der Waals surface area contributed by atoms with E-state index in [9.17, 15) is 0 Å². The van der Waals surface area contributed by atoms with Crippen LogP contribution in [0.25, 0.3) is 10.8 Å². The van der Waals surface area contributed by atoms with Crippen LogP contribution < -0.4 is 5.73 Å². The van der Waals surface area contributed by atoms with E-state index < -0.39 is 0 Å². The van der Waals surface area contributed by atoms with Crippen LogP contribution in [0.3, 0.4) is 0 Å². The second-order valence-electron chi connectivity index (χ2n) is 4.79. The summed E-state index contributed by atoms with van der Waals surface area (Å²) in [4.78, 5) is 1.31. The zero-order chi connectivity index (χ0) is 14.1. The quantitative estimate of drug-likeness (QED) is 0.591. The van der Waals surface area contributed by atoms with Crippen molar-refractivity contribution in [1.29, 1.82) is 0 Å². The number of benzene rings is 2. The molecule has 0 radical (unpaired) electrons. The number of halogens is 2. The average Bonchev–Trinajstić information content (AvgIpc) is 2.83. The van der Waals surface area contributed by atoms with Crippen LogP contribution in [-0.2, 0) is 6.42 Å². The Balaban J connectivity index is 1.87. The van der Waals surface area contributed by atoms with Crippen LogP contribution in [0.5, 0.6) is 0 Å². The Kier molecular flexibility index (Phi) is 4.26. The topological polar surface area (TPSA) is 26.0 Å². The Bertz CT molecular complexity index is 751. The van der Waals surface area contributed by atoms with Gasteiger partial charge in [0.05, 0.1) is 0 Å². The van der Waals surface area contributed by atoms with E-state index in [1.807, 2.05) is 0 Å². The first-order valence-electron chi connectivity index (χ1n) is 6.29. The van der Waals surface area contributed by atoms with Gasteiger partial charge in [0, 0.05) is 31.7 Å². The maximum absolute atomic E-state index is 6.34. The maximum atomic E-state index is 6.34. The third-order valence-electron chi connectivity index (χ3n) is 3.30. The molecule has 0 amide bonds. The summed E-state index contributed by atoms with van der Waals surface area (Å²) < 4.78 is 2.23. The standard InChI is InChI=1S/C16H13Br2NS/c17-13-4-3-10-5-12(2-1-11(10)6-13)16(19)8-15-7-14(18)9-20-15/h1-7,9,16H,8,19H2. The van der Waals surface area contributed by atoms with Crippen molar-refractivity contribution >= 4 is 54.0 Å². The molecule has 102 valence electrons. The zero-order valence-corrected chi connectivity index (χ0v) is 14.6. The van der Waals surface area contributed by atoms with Gasteiger partial charge in [0.1, 0.15) is 0 Å². The molecule has 0 spiro atoms. The molecule has 1 atom stereocenters. The lowest BCUT2D eigenvalue weighted by Crippen LogP contribution is -2.12. The van der Waals surface area contributed by atoms with Crippen molar-refractivity contribution in [2.45, 2.75) is 12.5 Å². The highest BCUT2D eigenvalue weighted by atomic mass is 79.9. The number of hydrogen-bond acceptors (Lipinski definition) is 2. The van der Waals surface area contributed by atoms with Crippen molar-refractivity contribution in [2.75, 3.05) is 0 Å². The molecule has 0 fully saturated rings. The lowest BCUT2D eigenvalue weighted by atomic mass is 10.00. The maximum Gasteiger partial charge on any atom is 0.0343 e. The second kappa shape index (κ2) is 5.98. The molecule has 2 N–H and O–H groups in total. The van der Waals surface area contributed by atoms with Crippen molar-refractivity contribution in [3.8, 4) is 0 Å². The lowest BCUT2D eigenvalue weighted by molar-refractivity contribution is 0.731. The van der Waals surface area contributed by atoms with Gasteiger partial charge in [-0.05, 0) is 56.5 Å². The summed E-state index contributed by atoms with van der Waals surface area (Å²) in [7, 11) is 0. The zero-order valence-electron chi connectivity index (χ0n) is 10.6. The molecular formula is C16H13Br2NS. The fourth-order valence-corrected chi connectivity index (χ4v) is 4.15. The van der Waals surface area contributed by atoms with Gasteiger partial charge < -0.3 is 5.73 Å². The van der Waals surface area contributed by atoms with Crippen LogP contribution in [0.2, 0.25) is 0 Å². The van der Waals surface area contributed by atoms with Crippen LogP contribution in [-0.4, -0.2) is 0 Å². The minimum absolute atomic E-state index is 0.0357. The summed E-state index contributed by atoms with van der Waals surface area (Å²) in [5.41, 5.74) is 7.52. The van der Waals surface area contributed by atoms with E-state index in [2.05, 4.69) is 79.7 Å². The summed E-state index contributed by atoms with van der Waals surface area (Å²) in [6, 6.07) is 14.9. The highest BCUT2D eigenvalue weighted by Crippen LogP contribution is 2.27. The fourth-order valence-electron chi connectivity index (χ4n) is 2.26. The number of fused-ring (bicyclic) bond motifs is 1. The van der Waals surface area contributed by atoms with Gasteiger partial charge in [0.25, 0.3) is 0 Å². The molecule has 1 aromatic heterocycles. The number of thiophene rings is 1. The predicted octanol–water partition coefficient (Wildman–Crippen LogP) is 5.67. The van der Waals surface area contributed by atoms with Gasteiger partial charge in [0.15, 0.2) is 0 Å². The molecule has 2 aromatic carbocycles.